The summed E-state index contributed by atoms with van der Waals surface area (Å²) in [5.41, 5.74) is 2.89. The summed E-state index contributed by atoms with van der Waals surface area (Å²) in [5.74, 6) is 1.41. The van der Waals surface area contributed by atoms with Crippen molar-refractivity contribution in [2.24, 2.45) is 11.8 Å². The monoisotopic (exact) mass is 439 g/mol. The van der Waals surface area contributed by atoms with Gasteiger partial charge in [-0.15, -0.1) is 0 Å². The van der Waals surface area contributed by atoms with Crippen LogP contribution in [0.25, 0.3) is 0 Å². The lowest BCUT2D eigenvalue weighted by atomic mass is 9.66. The second-order valence-corrected chi connectivity index (χ2v) is 9.05. The molecule has 1 aromatic carbocycles. The van der Waals surface area contributed by atoms with Crippen LogP contribution in [0, 0.1) is 11.8 Å². The summed E-state index contributed by atoms with van der Waals surface area (Å²) in [6.07, 6.45) is 7.65. The Balaban J connectivity index is 1.45. The predicted molar refractivity (Wildman–Crippen MR) is 120 cm³/mol. The van der Waals surface area contributed by atoms with E-state index in [-0.39, 0.29) is 23.8 Å². The number of esters is 1. The highest BCUT2D eigenvalue weighted by Gasteiger charge is 2.47. The molecule has 0 N–H and O–H groups in total. The van der Waals surface area contributed by atoms with Gasteiger partial charge in [0.1, 0.15) is 12.0 Å². The number of ketones is 1. The van der Waals surface area contributed by atoms with E-state index in [1.54, 1.807) is 0 Å². The lowest BCUT2D eigenvalue weighted by molar-refractivity contribution is -0.143. The first-order valence-electron chi connectivity index (χ1n) is 11.9. The summed E-state index contributed by atoms with van der Waals surface area (Å²) in [6.45, 7) is 4.78. The third-order valence-corrected chi connectivity index (χ3v) is 6.91. The lowest BCUT2D eigenvalue weighted by Gasteiger charge is -2.47. The first kappa shape index (κ1) is 22.7. The molecule has 3 fully saturated rings. The fourth-order valence-electron chi connectivity index (χ4n) is 5.23. The molecule has 6 nitrogen and oxygen atoms in total. The second-order valence-electron chi connectivity index (χ2n) is 9.05. The molecule has 1 saturated carbocycles. The maximum absolute atomic E-state index is 12.0. The fourth-order valence-corrected chi connectivity index (χ4v) is 5.23. The van der Waals surface area contributed by atoms with Crippen LogP contribution in [-0.4, -0.2) is 36.1 Å². The number of carbonyl (C=O) groups excluding carboxylic acids is 2. The first-order chi connectivity index (χ1) is 15.6. The van der Waals surface area contributed by atoms with E-state index in [4.69, 9.17) is 13.9 Å². The van der Waals surface area contributed by atoms with Gasteiger partial charge in [-0.25, -0.2) is 4.98 Å². The van der Waals surface area contributed by atoms with E-state index in [1.165, 1.54) is 24.3 Å². The van der Waals surface area contributed by atoms with E-state index in [2.05, 4.69) is 23.2 Å². The van der Waals surface area contributed by atoms with Crippen molar-refractivity contribution in [2.45, 2.75) is 70.8 Å². The van der Waals surface area contributed by atoms with Crippen molar-refractivity contribution < 1.29 is 23.5 Å². The van der Waals surface area contributed by atoms with Crippen molar-refractivity contribution in [3.63, 3.8) is 0 Å². The Labute approximate surface area is 189 Å². The first-order valence-corrected chi connectivity index (χ1v) is 11.9. The predicted octanol–water partition coefficient (Wildman–Crippen LogP) is 4.90. The minimum absolute atomic E-state index is 0.0789. The molecule has 3 heterocycles. The number of oxazole rings is 1. The summed E-state index contributed by atoms with van der Waals surface area (Å²) < 4.78 is 17.1. The minimum atomic E-state index is -0.131. The zero-order chi connectivity index (χ0) is 22.5. The smallest absolute Gasteiger partial charge is 0.306 e. The van der Waals surface area contributed by atoms with Gasteiger partial charge < -0.3 is 13.9 Å². The summed E-state index contributed by atoms with van der Waals surface area (Å²) in [6, 6.07) is 8.38. The van der Waals surface area contributed by atoms with Gasteiger partial charge in [-0.05, 0) is 61.5 Å². The van der Waals surface area contributed by atoms with Gasteiger partial charge in [-0.1, -0.05) is 31.2 Å². The van der Waals surface area contributed by atoms with Crippen LogP contribution in [0.3, 0.4) is 0 Å². The molecule has 2 saturated heterocycles. The average molecular weight is 440 g/mol. The number of carbonyl (C=O) groups is 2. The lowest BCUT2D eigenvalue weighted by Crippen LogP contribution is -2.46. The van der Waals surface area contributed by atoms with Crippen LogP contribution < -0.4 is 0 Å². The maximum Gasteiger partial charge on any atom is 0.306 e. The third-order valence-electron chi connectivity index (χ3n) is 6.91. The molecule has 6 heteroatoms. The normalized spacial score (nSPS) is 24.4. The van der Waals surface area contributed by atoms with Gasteiger partial charge in [0, 0.05) is 13.3 Å². The Hall–Kier alpha value is -2.47. The van der Waals surface area contributed by atoms with E-state index in [9.17, 15) is 9.59 Å². The van der Waals surface area contributed by atoms with Crippen LogP contribution in [-0.2, 0) is 27.1 Å². The maximum atomic E-state index is 12.0. The van der Waals surface area contributed by atoms with Crippen LogP contribution in [0.15, 0.2) is 34.9 Å². The molecule has 0 unspecified atom stereocenters. The van der Waals surface area contributed by atoms with Crippen LogP contribution in [0.2, 0.25) is 0 Å². The number of aromatic nitrogens is 1. The number of aryl methyl sites for hydroxylation is 2. The molecule has 0 radical (unpaired) electrons. The molecular formula is C26H33NO5. The SMILES string of the molecule is CCCOC(=O)CCc1ccccc1CC[C@H]1[C@H]2CC[C@@H](OC2)[C@H]1c1nc(C(C)=O)co1. The van der Waals surface area contributed by atoms with Gasteiger partial charge in [0.15, 0.2) is 5.78 Å². The van der Waals surface area contributed by atoms with Crippen molar-refractivity contribution in [3.05, 3.63) is 53.2 Å². The number of nitrogens with zero attached hydrogens (tertiary/aromatic N) is 1. The Kier molecular flexibility index (Phi) is 7.40. The second kappa shape index (κ2) is 10.4. The van der Waals surface area contributed by atoms with Crippen LogP contribution in [0.4, 0.5) is 0 Å². The summed E-state index contributed by atoms with van der Waals surface area (Å²) in [5, 5.41) is 0. The van der Waals surface area contributed by atoms with Gasteiger partial charge in [-0.2, -0.15) is 0 Å². The summed E-state index contributed by atoms with van der Waals surface area (Å²) >= 11 is 0. The van der Waals surface area contributed by atoms with Crippen molar-refractivity contribution in [1.29, 1.82) is 0 Å². The number of Topliss-reactive ketones (excluding diaryl/α,β-unsaturated/α-hetero) is 1. The third kappa shape index (κ3) is 5.12. The van der Waals surface area contributed by atoms with Crippen molar-refractivity contribution in [1.82, 2.24) is 4.98 Å². The standard InChI is InChI=1S/C26H33NO5/c1-3-14-30-24(29)13-10-19-7-5-4-6-18(19)8-11-21-20-9-12-23(31-15-20)25(21)26-27-22(16-32-26)17(2)28/h4-7,16,20-21,23,25H,3,8-15H2,1-2H3/t20-,21-,23+,25-/m0/s1. The van der Waals surface area contributed by atoms with E-state index in [0.717, 1.165) is 38.7 Å². The molecule has 4 atom stereocenters. The van der Waals surface area contributed by atoms with Crippen LogP contribution in [0.5, 0.6) is 0 Å². The molecule has 2 bridgehead atoms. The fraction of sp³-hybridized carbons (Fsp3) is 0.577. The van der Waals surface area contributed by atoms with Gasteiger partial charge >= 0.3 is 5.97 Å². The number of hydrogen-bond donors (Lipinski definition) is 0. The topological polar surface area (TPSA) is 78.6 Å². The van der Waals surface area contributed by atoms with Gasteiger partial charge in [0.25, 0.3) is 0 Å². The number of ether oxygens (including phenoxy) is 2. The van der Waals surface area contributed by atoms with Crippen LogP contribution >= 0.6 is 0 Å². The number of rotatable bonds is 10. The molecule has 3 aliphatic rings. The van der Waals surface area contributed by atoms with E-state index in [1.807, 2.05) is 13.0 Å². The van der Waals surface area contributed by atoms with E-state index in [0.29, 0.717) is 42.9 Å². The molecule has 2 aliphatic heterocycles. The molecular weight excluding hydrogens is 406 g/mol. The Morgan fingerprint density at radius 1 is 1.16 bits per heavy atom. The number of hydrogen-bond acceptors (Lipinski definition) is 6. The Bertz CT molecular complexity index is 928. The molecule has 1 aliphatic carbocycles. The largest absolute Gasteiger partial charge is 0.466 e. The summed E-state index contributed by atoms with van der Waals surface area (Å²) in [7, 11) is 0. The van der Waals surface area contributed by atoms with Crippen molar-refractivity contribution in [2.75, 3.05) is 13.2 Å². The van der Waals surface area contributed by atoms with Gasteiger partial charge in [0.2, 0.25) is 5.89 Å². The van der Waals surface area contributed by atoms with Crippen molar-refractivity contribution >= 4 is 11.8 Å². The Morgan fingerprint density at radius 2 is 1.94 bits per heavy atom. The zero-order valence-corrected chi connectivity index (χ0v) is 19.0. The van der Waals surface area contributed by atoms with Gasteiger partial charge in [0.05, 0.1) is 25.2 Å². The molecule has 0 amide bonds. The minimum Gasteiger partial charge on any atom is -0.466 e. The van der Waals surface area contributed by atoms with Gasteiger partial charge in [-0.3, -0.25) is 9.59 Å². The van der Waals surface area contributed by atoms with E-state index < -0.39 is 0 Å². The summed E-state index contributed by atoms with van der Waals surface area (Å²) in [4.78, 5) is 28.2. The van der Waals surface area contributed by atoms with Crippen LogP contribution in [0.1, 0.15) is 79.4 Å². The zero-order valence-electron chi connectivity index (χ0n) is 19.0. The Morgan fingerprint density at radius 3 is 2.59 bits per heavy atom. The molecule has 0 spiro atoms. The van der Waals surface area contributed by atoms with E-state index >= 15 is 0 Å². The highest BCUT2D eigenvalue weighted by Crippen LogP contribution is 2.48. The molecule has 5 rings (SSSR count). The molecule has 32 heavy (non-hydrogen) atoms. The number of benzene rings is 1. The molecule has 2 aromatic rings. The highest BCUT2D eigenvalue weighted by atomic mass is 16.5. The van der Waals surface area contributed by atoms with Crippen molar-refractivity contribution in [3.8, 4) is 0 Å². The number of fused-ring (bicyclic) bond motifs is 3. The highest BCUT2D eigenvalue weighted by molar-refractivity contribution is 5.91. The quantitative estimate of drug-likeness (QED) is 0.387. The average Bonchev–Trinajstić information content (AvgIpc) is 3.31. The molecule has 172 valence electrons. The molecule has 1 aromatic heterocycles.